The Morgan fingerprint density at radius 1 is 1.06 bits per heavy atom. The van der Waals surface area contributed by atoms with Gasteiger partial charge < -0.3 is 15.4 Å². The molecule has 9 nitrogen and oxygen atoms in total. The predicted octanol–water partition coefficient (Wildman–Crippen LogP) is 3.75. The van der Waals surface area contributed by atoms with E-state index < -0.39 is 5.91 Å². The Morgan fingerprint density at radius 2 is 1.78 bits per heavy atom. The molecule has 2 aromatic carbocycles. The van der Waals surface area contributed by atoms with Crippen molar-refractivity contribution in [2.24, 2.45) is 4.99 Å². The number of carbonyl (C=O) groups is 2. The lowest BCUT2D eigenvalue weighted by molar-refractivity contribution is -0.117. The van der Waals surface area contributed by atoms with Crippen molar-refractivity contribution in [2.45, 2.75) is 33.1 Å². The van der Waals surface area contributed by atoms with Crippen LogP contribution in [0.1, 0.15) is 31.7 Å². The van der Waals surface area contributed by atoms with Crippen LogP contribution in [0.5, 0.6) is 11.5 Å². The van der Waals surface area contributed by atoms with Crippen LogP contribution in [0.2, 0.25) is 0 Å². The first-order valence-electron chi connectivity index (χ1n) is 10.0. The SMILES string of the molecule is CCCC(=O)Nc1cc(Oc2ccc(C)cc2)ccc1NC(=NC(=O)CC=C=O)NOC. The van der Waals surface area contributed by atoms with Crippen LogP contribution < -0.4 is 20.9 Å². The van der Waals surface area contributed by atoms with Gasteiger partial charge in [-0.3, -0.25) is 14.4 Å². The van der Waals surface area contributed by atoms with Crippen molar-refractivity contribution in [1.29, 1.82) is 0 Å². The minimum atomic E-state index is -0.587. The number of rotatable bonds is 9. The van der Waals surface area contributed by atoms with E-state index in [0.717, 1.165) is 11.6 Å². The van der Waals surface area contributed by atoms with E-state index in [4.69, 9.17) is 9.57 Å². The number of amides is 2. The van der Waals surface area contributed by atoms with Gasteiger partial charge in [0.25, 0.3) is 5.91 Å². The summed E-state index contributed by atoms with van der Waals surface area (Å²) in [5.41, 5.74) is 4.46. The van der Waals surface area contributed by atoms with Gasteiger partial charge in [-0.15, -0.1) is 0 Å². The maximum atomic E-state index is 12.2. The highest BCUT2D eigenvalue weighted by Crippen LogP contribution is 2.30. The molecule has 0 aliphatic carbocycles. The molecule has 0 aliphatic heterocycles. The number of ether oxygens (including phenoxy) is 1. The fraction of sp³-hybridized carbons (Fsp3) is 0.261. The Hall–Kier alpha value is -3.94. The van der Waals surface area contributed by atoms with Gasteiger partial charge in [0.05, 0.1) is 24.9 Å². The molecule has 2 aromatic rings. The van der Waals surface area contributed by atoms with Crippen molar-refractivity contribution in [3.8, 4) is 11.5 Å². The second kappa shape index (κ2) is 12.7. The van der Waals surface area contributed by atoms with Crippen LogP contribution in [0.4, 0.5) is 11.4 Å². The van der Waals surface area contributed by atoms with Crippen molar-refractivity contribution in [2.75, 3.05) is 17.7 Å². The Labute approximate surface area is 186 Å². The van der Waals surface area contributed by atoms with E-state index in [-0.39, 0.29) is 18.3 Å². The van der Waals surface area contributed by atoms with E-state index in [0.29, 0.717) is 35.7 Å². The van der Waals surface area contributed by atoms with Crippen molar-refractivity contribution in [3.63, 3.8) is 0 Å². The summed E-state index contributed by atoms with van der Waals surface area (Å²) in [5, 5.41) is 5.75. The zero-order valence-corrected chi connectivity index (χ0v) is 18.2. The fourth-order valence-electron chi connectivity index (χ4n) is 2.58. The largest absolute Gasteiger partial charge is 0.457 e. The maximum Gasteiger partial charge on any atom is 0.253 e. The van der Waals surface area contributed by atoms with Crippen LogP contribution in [0.3, 0.4) is 0 Å². The summed E-state index contributed by atoms with van der Waals surface area (Å²) in [7, 11) is 1.36. The summed E-state index contributed by atoms with van der Waals surface area (Å²) in [6, 6.07) is 12.6. The third-order valence-electron chi connectivity index (χ3n) is 4.05. The number of aryl methyl sites for hydroxylation is 1. The Balaban J connectivity index is 2.32. The molecule has 0 bridgehead atoms. The molecule has 0 saturated heterocycles. The Morgan fingerprint density at radius 3 is 2.44 bits per heavy atom. The number of aliphatic imine (C=N–C) groups is 1. The molecule has 0 aliphatic rings. The highest BCUT2D eigenvalue weighted by Gasteiger charge is 2.12. The highest BCUT2D eigenvalue weighted by molar-refractivity contribution is 6.04. The number of carbonyl (C=O) groups excluding carboxylic acids is 3. The molecule has 9 heteroatoms. The van der Waals surface area contributed by atoms with Crippen LogP contribution in [0, 0.1) is 6.92 Å². The molecule has 0 fully saturated rings. The monoisotopic (exact) mass is 438 g/mol. The number of hydrogen-bond acceptors (Lipinski definition) is 5. The van der Waals surface area contributed by atoms with Gasteiger partial charge in [-0.2, -0.15) is 4.99 Å². The number of guanidine groups is 1. The van der Waals surface area contributed by atoms with Gasteiger partial charge in [-0.05, 0) is 37.6 Å². The van der Waals surface area contributed by atoms with Crippen molar-refractivity contribution in [3.05, 3.63) is 54.1 Å². The van der Waals surface area contributed by atoms with Crippen LogP contribution in [0.15, 0.2) is 53.5 Å². The molecule has 32 heavy (non-hydrogen) atoms. The van der Waals surface area contributed by atoms with Crippen molar-refractivity contribution >= 4 is 35.1 Å². The summed E-state index contributed by atoms with van der Waals surface area (Å²) in [4.78, 5) is 43.1. The molecular weight excluding hydrogens is 412 g/mol. The van der Waals surface area contributed by atoms with E-state index in [1.54, 1.807) is 18.2 Å². The van der Waals surface area contributed by atoms with Gasteiger partial charge >= 0.3 is 0 Å². The zero-order chi connectivity index (χ0) is 23.3. The molecule has 0 saturated carbocycles. The van der Waals surface area contributed by atoms with Gasteiger partial charge in [-0.25, -0.2) is 10.3 Å². The molecule has 2 rings (SSSR count). The average Bonchev–Trinajstić information content (AvgIpc) is 2.76. The third kappa shape index (κ3) is 8.06. The van der Waals surface area contributed by atoms with Gasteiger partial charge in [0.2, 0.25) is 11.9 Å². The second-order valence-electron chi connectivity index (χ2n) is 6.73. The first-order valence-corrected chi connectivity index (χ1v) is 10.0. The first kappa shape index (κ1) is 24.3. The molecule has 0 aromatic heterocycles. The Kier molecular flexibility index (Phi) is 9.65. The smallest absolute Gasteiger partial charge is 0.253 e. The number of nitrogens with zero attached hydrogens (tertiary/aromatic N) is 1. The molecule has 0 heterocycles. The summed E-state index contributed by atoms with van der Waals surface area (Å²) in [5.74, 6) is 1.91. The molecule has 0 spiro atoms. The highest BCUT2D eigenvalue weighted by atomic mass is 16.6. The number of hydroxylamine groups is 1. The van der Waals surface area contributed by atoms with E-state index in [2.05, 4.69) is 21.1 Å². The standard InChI is InChI=1S/C23H26N4O5/c1-4-6-21(29)24-20-15-18(32-17-10-8-16(2)9-11-17)12-13-19(20)25-23(27-31-3)26-22(30)7-5-14-28/h5,8-13,15H,4,6-7H2,1-3H3,(H,24,29)(H2,25,26,27,30). The lowest BCUT2D eigenvalue weighted by Crippen LogP contribution is -2.31. The normalized spacial score (nSPS) is 10.7. The second-order valence-corrected chi connectivity index (χ2v) is 6.73. The summed E-state index contributed by atoms with van der Waals surface area (Å²) in [6.45, 7) is 3.89. The summed E-state index contributed by atoms with van der Waals surface area (Å²) < 4.78 is 5.89. The molecule has 3 N–H and O–H groups in total. The van der Waals surface area contributed by atoms with Crippen LogP contribution in [-0.4, -0.2) is 30.8 Å². The van der Waals surface area contributed by atoms with Gasteiger partial charge in [0.15, 0.2) is 0 Å². The molecule has 168 valence electrons. The zero-order valence-electron chi connectivity index (χ0n) is 18.2. The number of anilines is 2. The quantitative estimate of drug-likeness (QED) is 0.236. The number of nitrogens with one attached hydrogen (secondary N) is 3. The Bertz CT molecular complexity index is 1010. The third-order valence-corrected chi connectivity index (χ3v) is 4.05. The van der Waals surface area contributed by atoms with Crippen molar-refractivity contribution in [1.82, 2.24) is 5.48 Å². The molecule has 2 amide bonds. The summed E-state index contributed by atoms with van der Waals surface area (Å²) >= 11 is 0. The fourth-order valence-corrected chi connectivity index (χ4v) is 2.58. The molecular formula is C23H26N4O5. The predicted molar refractivity (Wildman–Crippen MR) is 122 cm³/mol. The van der Waals surface area contributed by atoms with Gasteiger partial charge in [-0.1, -0.05) is 24.6 Å². The van der Waals surface area contributed by atoms with E-state index in [1.807, 2.05) is 38.1 Å². The number of hydrogen-bond donors (Lipinski definition) is 3. The lowest BCUT2D eigenvalue weighted by Gasteiger charge is -2.16. The van der Waals surface area contributed by atoms with Crippen molar-refractivity contribution < 1.29 is 24.0 Å². The summed E-state index contributed by atoms with van der Waals surface area (Å²) in [6.07, 6.45) is 1.86. The number of benzene rings is 2. The maximum absolute atomic E-state index is 12.2. The molecule has 0 atom stereocenters. The van der Waals surface area contributed by atoms with E-state index in [9.17, 15) is 14.4 Å². The first-order chi connectivity index (χ1) is 15.4. The topological polar surface area (TPSA) is 118 Å². The minimum Gasteiger partial charge on any atom is -0.457 e. The van der Waals surface area contributed by atoms with Crippen LogP contribution >= 0.6 is 0 Å². The minimum absolute atomic E-state index is 0.0185. The van der Waals surface area contributed by atoms with Gasteiger partial charge in [0, 0.05) is 18.6 Å². The van der Waals surface area contributed by atoms with E-state index >= 15 is 0 Å². The van der Waals surface area contributed by atoms with Crippen LogP contribution in [-0.2, 0) is 19.2 Å². The average molecular weight is 438 g/mol. The molecule has 0 unspecified atom stereocenters. The lowest BCUT2D eigenvalue weighted by atomic mass is 10.2. The van der Waals surface area contributed by atoms with E-state index in [1.165, 1.54) is 13.1 Å². The van der Waals surface area contributed by atoms with Gasteiger partial charge in [0.1, 0.15) is 17.4 Å². The molecule has 0 radical (unpaired) electrons. The van der Waals surface area contributed by atoms with Crippen LogP contribution in [0.25, 0.3) is 0 Å².